The smallest absolute Gasteiger partial charge is 0.326 e. The summed E-state index contributed by atoms with van der Waals surface area (Å²) >= 11 is 6.06. The van der Waals surface area contributed by atoms with Gasteiger partial charge in [0, 0.05) is 5.02 Å². The Morgan fingerprint density at radius 2 is 1.68 bits per heavy atom. The minimum Gasteiger partial charge on any atom is -0.455 e. The number of amides is 3. The lowest BCUT2D eigenvalue weighted by Gasteiger charge is -2.19. The number of hydrogen-bond acceptors (Lipinski definition) is 6. The summed E-state index contributed by atoms with van der Waals surface area (Å²) in [7, 11) is 0. The first-order valence-electron chi connectivity index (χ1n) is 11.2. The van der Waals surface area contributed by atoms with Crippen molar-refractivity contribution in [3.8, 4) is 11.5 Å². The van der Waals surface area contributed by atoms with Crippen LogP contribution in [0.3, 0.4) is 0 Å². The van der Waals surface area contributed by atoms with Crippen LogP contribution in [0.25, 0.3) is 0 Å². The average molecular weight is 485 g/mol. The van der Waals surface area contributed by atoms with E-state index in [9.17, 15) is 19.2 Å². The third kappa shape index (κ3) is 5.39. The number of imide groups is 1. The molecule has 1 saturated heterocycles. The Bertz CT molecular complexity index is 1090. The molecule has 3 amide bonds. The van der Waals surface area contributed by atoms with Crippen molar-refractivity contribution in [1.82, 2.24) is 4.90 Å². The lowest BCUT2D eigenvalue weighted by atomic mass is 9.81. The summed E-state index contributed by atoms with van der Waals surface area (Å²) in [6.07, 6.45) is 3.13. The maximum absolute atomic E-state index is 12.5. The van der Waals surface area contributed by atoms with E-state index in [1.54, 1.807) is 24.3 Å². The van der Waals surface area contributed by atoms with E-state index in [1.807, 2.05) is 19.1 Å². The molecular formula is C25H25ClN2O6. The number of rotatable bonds is 7. The van der Waals surface area contributed by atoms with E-state index in [1.165, 1.54) is 6.07 Å². The van der Waals surface area contributed by atoms with Gasteiger partial charge in [-0.05, 0) is 50.1 Å². The third-order valence-electron chi connectivity index (χ3n) is 6.05. The van der Waals surface area contributed by atoms with E-state index in [4.69, 9.17) is 21.1 Å². The number of esters is 1. The molecule has 1 N–H and O–H groups in total. The van der Waals surface area contributed by atoms with Gasteiger partial charge < -0.3 is 14.8 Å². The molecule has 2 unspecified atom stereocenters. The highest BCUT2D eigenvalue weighted by atomic mass is 35.5. The maximum Gasteiger partial charge on any atom is 0.326 e. The number of likely N-dealkylation sites (tertiary alicyclic amines) is 1. The summed E-state index contributed by atoms with van der Waals surface area (Å²) in [4.78, 5) is 50.6. The molecule has 0 spiro atoms. The zero-order valence-corrected chi connectivity index (χ0v) is 19.5. The van der Waals surface area contributed by atoms with Crippen LogP contribution in [-0.4, -0.2) is 41.7 Å². The fourth-order valence-electron chi connectivity index (χ4n) is 4.32. The van der Waals surface area contributed by atoms with Crippen molar-refractivity contribution in [3.05, 3.63) is 53.1 Å². The number of hydrogen-bond donors (Lipinski definition) is 1. The highest BCUT2D eigenvalue weighted by Crippen LogP contribution is 2.38. The lowest BCUT2D eigenvalue weighted by Crippen LogP contribution is -2.37. The fourth-order valence-corrected chi connectivity index (χ4v) is 4.49. The van der Waals surface area contributed by atoms with Crippen molar-refractivity contribution in [2.24, 2.45) is 11.8 Å². The topological polar surface area (TPSA) is 102 Å². The minimum absolute atomic E-state index is 0.308. The number of anilines is 1. The monoisotopic (exact) mass is 484 g/mol. The molecule has 1 aliphatic heterocycles. The van der Waals surface area contributed by atoms with Crippen molar-refractivity contribution < 1.29 is 28.7 Å². The van der Waals surface area contributed by atoms with E-state index < -0.39 is 25.0 Å². The molecule has 9 heteroatoms. The molecule has 1 saturated carbocycles. The molecule has 2 aliphatic rings. The molecular weight excluding hydrogens is 460 g/mol. The largest absolute Gasteiger partial charge is 0.455 e. The Hall–Kier alpha value is -3.39. The van der Waals surface area contributed by atoms with Gasteiger partial charge in [-0.3, -0.25) is 24.1 Å². The number of carbonyl (C=O) groups is 4. The van der Waals surface area contributed by atoms with Gasteiger partial charge in [0.25, 0.3) is 5.91 Å². The van der Waals surface area contributed by atoms with Crippen LogP contribution >= 0.6 is 11.6 Å². The Morgan fingerprint density at radius 1 is 1.03 bits per heavy atom. The van der Waals surface area contributed by atoms with Crippen LogP contribution < -0.4 is 10.1 Å². The van der Waals surface area contributed by atoms with Crippen LogP contribution in [-0.2, 0) is 23.9 Å². The predicted octanol–water partition coefficient (Wildman–Crippen LogP) is 4.10. The minimum atomic E-state index is -0.822. The summed E-state index contributed by atoms with van der Waals surface area (Å²) < 4.78 is 10.9. The molecule has 0 aromatic heterocycles. The van der Waals surface area contributed by atoms with Gasteiger partial charge in [0.2, 0.25) is 11.8 Å². The maximum atomic E-state index is 12.5. The molecule has 2 atom stereocenters. The molecule has 1 aliphatic carbocycles. The summed E-state index contributed by atoms with van der Waals surface area (Å²) in [5, 5.41) is 3.00. The number of nitrogens with one attached hydrogen (secondary N) is 1. The Balaban J connectivity index is 1.33. The van der Waals surface area contributed by atoms with Crippen molar-refractivity contribution in [1.29, 1.82) is 0 Å². The van der Waals surface area contributed by atoms with Crippen LogP contribution in [0.5, 0.6) is 11.5 Å². The van der Waals surface area contributed by atoms with Crippen LogP contribution in [0, 0.1) is 18.8 Å². The van der Waals surface area contributed by atoms with Gasteiger partial charge in [0.05, 0.1) is 17.5 Å². The summed E-state index contributed by atoms with van der Waals surface area (Å²) in [5.74, 6) is -1.82. The Morgan fingerprint density at radius 3 is 2.32 bits per heavy atom. The number of halogens is 1. The van der Waals surface area contributed by atoms with Gasteiger partial charge in [-0.2, -0.15) is 0 Å². The second-order valence-electron chi connectivity index (χ2n) is 8.52. The molecule has 1 heterocycles. The standard InChI is InChI=1S/C25H25ClN2O6/c1-15-6-9-17(10-7-15)34-21-11-8-16(26)12-20(21)27-22(29)14-33-23(30)13-28-24(31)18-4-2-3-5-19(18)25(28)32/h6-12,18-19H,2-5,13-14H2,1H3,(H,27,29). The molecule has 2 fully saturated rings. The van der Waals surface area contributed by atoms with E-state index in [2.05, 4.69) is 5.32 Å². The second-order valence-corrected chi connectivity index (χ2v) is 8.96. The first kappa shape index (κ1) is 23.8. The quantitative estimate of drug-likeness (QED) is 0.469. The van der Waals surface area contributed by atoms with Crippen molar-refractivity contribution >= 4 is 41.0 Å². The van der Waals surface area contributed by atoms with Crippen LogP contribution in [0.2, 0.25) is 5.02 Å². The summed E-state index contributed by atoms with van der Waals surface area (Å²) in [6, 6.07) is 12.2. The fraction of sp³-hybridized carbons (Fsp3) is 0.360. The first-order chi connectivity index (χ1) is 16.3. The Labute approximate surface area is 202 Å². The molecule has 8 nitrogen and oxygen atoms in total. The van der Waals surface area contributed by atoms with E-state index in [-0.39, 0.29) is 23.7 Å². The van der Waals surface area contributed by atoms with Crippen LogP contribution in [0.4, 0.5) is 5.69 Å². The third-order valence-corrected chi connectivity index (χ3v) is 6.28. The normalized spacial score (nSPS) is 19.5. The Kier molecular flexibility index (Phi) is 7.17. The zero-order valence-electron chi connectivity index (χ0n) is 18.7. The van der Waals surface area contributed by atoms with E-state index in [0.29, 0.717) is 35.1 Å². The second kappa shape index (κ2) is 10.3. The molecule has 4 rings (SSSR count). The summed E-state index contributed by atoms with van der Waals surface area (Å²) in [6.45, 7) is 0.886. The number of aryl methyl sites for hydroxylation is 1. The van der Waals surface area contributed by atoms with Gasteiger partial charge in [-0.25, -0.2) is 0 Å². The average Bonchev–Trinajstić information content (AvgIpc) is 3.06. The van der Waals surface area contributed by atoms with Gasteiger partial charge in [0.15, 0.2) is 12.4 Å². The number of ether oxygens (including phenoxy) is 2. The van der Waals surface area contributed by atoms with Crippen molar-refractivity contribution in [2.75, 3.05) is 18.5 Å². The molecule has 178 valence electrons. The SMILES string of the molecule is Cc1ccc(Oc2ccc(Cl)cc2NC(=O)COC(=O)CN2C(=O)C3CCCCC3C2=O)cc1. The lowest BCUT2D eigenvalue weighted by molar-refractivity contribution is -0.154. The summed E-state index contributed by atoms with van der Waals surface area (Å²) in [5.41, 5.74) is 1.39. The molecule has 2 aromatic carbocycles. The molecule has 34 heavy (non-hydrogen) atoms. The zero-order chi connectivity index (χ0) is 24.2. The number of carbonyl (C=O) groups excluding carboxylic acids is 4. The van der Waals surface area contributed by atoms with Crippen molar-refractivity contribution in [3.63, 3.8) is 0 Å². The van der Waals surface area contributed by atoms with Gasteiger partial charge in [0.1, 0.15) is 12.3 Å². The number of nitrogens with zero attached hydrogens (tertiary/aromatic N) is 1. The first-order valence-corrected chi connectivity index (χ1v) is 11.5. The van der Waals surface area contributed by atoms with Crippen molar-refractivity contribution in [2.45, 2.75) is 32.6 Å². The predicted molar refractivity (Wildman–Crippen MR) is 124 cm³/mol. The molecule has 0 bridgehead atoms. The van der Waals surface area contributed by atoms with Crippen LogP contribution in [0.15, 0.2) is 42.5 Å². The van der Waals surface area contributed by atoms with Gasteiger partial charge in [-0.1, -0.05) is 42.1 Å². The van der Waals surface area contributed by atoms with E-state index >= 15 is 0 Å². The number of fused-ring (bicyclic) bond motifs is 1. The van der Waals surface area contributed by atoms with Gasteiger partial charge in [-0.15, -0.1) is 0 Å². The highest BCUT2D eigenvalue weighted by Gasteiger charge is 2.48. The molecule has 2 aromatic rings. The molecule has 0 radical (unpaired) electrons. The van der Waals surface area contributed by atoms with Gasteiger partial charge >= 0.3 is 5.97 Å². The van der Waals surface area contributed by atoms with E-state index in [0.717, 1.165) is 23.3 Å². The van der Waals surface area contributed by atoms with Crippen LogP contribution in [0.1, 0.15) is 31.2 Å². The number of benzene rings is 2. The highest BCUT2D eigenvalue weighted by molar-refractivity contribution is 6.31.